The van der Waals surface area contributed by atoms with Gasteiger partial charge in [-0.05, 0) is 42.7 Å². The second-order valence-corrected chi connectivity index (χ2v) is 7.83. The van der Waals surface area contributed by atoms with Crippen LogP contribution >= 0.6 is 0 Å². The number of unbranched alkanes of at least 4 members (excludes halogenated alkanes) is 1. The second-order valence-electron chi connectivity index (χ2n) is 5.61. The smallest absolute Gasteiger partial charge is 0.244 e. The van der Waals surface area contributed by atoms with Crippen LogP contribution < -0.4 is 10.2 Å². The van der Waals surface area contributed by atoms with Crippen molar-refractivity contribution in [2.45, 2.75) is 26.2 Å². The number of carbonyl (C=O) groups excluding carboxylic acids is 1. The average molecular weight is 338 g/mol. The third-order valence-corrected chi connectivity index (χ3v) is 5.41. The van der Waals surface area contributed by atoms with Gasteiger partial charge in [-0.3, -0.25) is 4.79 Å². The molecule has 1 aliphatic heterocycles. The molecule has 1 aromatic rings. The Hall–Kier alpha value is -1.89. The fraction of sp³-hybridized carbons (Fsp3) is 0.500. The fourth-order valence-corrected chi connectivity index (χ4v) is 3.99. The summed E-state index contributed by atoms with van der Waals surface area (Å²) in [7, 11) is -3.06. The predicted molar refractivity (Wildman–Crippen MR) is 89.3 cm³/mol. The summed E-state index contributed by atoms with van der Waals surface area (Å²) in [6.07, 6.45) is 4.00. The molecule has 0 aliphatic carbocycles. The summed E-state index contributed by atoms with van der Waals surface area (Å²) in [6.45, 7) is 2.81. The molecule has 1 saturated heterocycles. The number of nitrogens with zero attached hydrogens (tertiary/aromatic N) is 1. The number of carbonyl (C=O) groups is 1. The third kappa shape index (κ3) is 5.67. The summed E-state index contributed by atoms with van der Waals surface area (Å²) < 4.78 is 28.2. The van der Waals surface area contributed by atoms with E-state index in [-0.39, 0.29) is 17.4 Å². The van der Waals surface area contributed by atoms with Gasteiger partial charge in [-0.15, -0.1) is 0 Å². The maximum absolute atomic E-state index is 11.8. The molecule has 0 aromatic heterocycles. The lowest BCUT2D eigenvalue weighted by atomic mass is 10.1. The first-order valence-electron chi connectivity index (χ1n) is 7.76. The molecular formula is C16H22N2O4S. The van der Waals surface area contributed by atoms with Gasteiger partial charge in [0.1, 0.15) is 5.75 Å². The van der Waals surface area contributed by atoms with Crippen LogP contribution in [0.1, 0.15) is 31.7 Å². The number of nitrogens with one attached hydrogen (secondary N) is 1. The van der Waals surface area contributed by atoms with E-state index in [9.17, 15) is 13.2 Å². The molecule has 1 aliphatic rings. The Morgan fingerprint density at radius 2 is 2.13 bits per heavy atom. The lowest BCUT2D eigenvalue weighted by Gasteiger charge is -2.05. The zero-order valence-electron chi connectivity index (χ0n) is 13.2. The van der Waals surface area contributed by atoms with Gasteiger partial charge in [-0.1, -0.05) is 13.3 Å². The highest BCUT2D eigenvalue weighted by Gasteiger charge is 2.32. The Balaban J connectivity index is 1.80. The Morgan fingerprint density at radius 1 is 1.39 bits per heavy atom. The number of ether oxygens (including phenoxy) is 1. The number of amides is 1. The average Bonchev–Trinajstić information content (AvgIpc) is 2.89. The second kappa shape index (κ2) is 8.10. The lowest BCUT2D eigenvalue weighted by molar-refractivity contribution is -0.124. The van der Waals surface area contributed by atoms with Gasteiger partial charge < -0.3 is 4.74 Å². The molecule has 0 bridgehead atoms. The molecule has 7 heteroatoms. The van der Waals surface area contributed by atoms with Gasteiger partial charge in [0.05, 0.1) is 30.2 Å². The SMILES string of the molecule is CCCCOc1ccc(/C=N\NC(=O)[C@@H]2CCS(=O)(=O)C2)cc1. The quantitative estimate of drug-likeness (QED) is 0.466. The molecule has 126 valence electrons. The van der Waals surface area contributed by atoms with Crippen LogP contribution in [0, 0.1) is 5.92 Å². The van der Waals surface area contributed by atoms with E-state index < -0.39 is 15.8 Å². The highest BCUT2D eigenvalue weighted by molar-refractivity contribution is 7.91. The van der Waals surface area contributed by atoms with Crippen molar-refractivity contribution in [1.82, 2.24) is 5.43 Å². The van der Waals surface area contributed by atoms with Crippen molar-refractivity contribution in [1.29, 1.82) is 0 Å². The van der Waals surface area contributed by atoms with Crippen LogP contribution in [0.2, 0.25) is 0 Å². The van der Waals surface area contributed by atoms with Crippen LogP contribution in [0.4, 0.5) is 0 Å². The molecule has 1 heterocycles. The Labute approximate surface area is 136 Å². The lowest BCUT2D eigenvalue weighted by Crippen LogP contribution is -2.27. The summed E-state index contributed by atoms with van der Waals surface area (Å²) in [5.41, 5.74) is 3.23. The number of hydrogen-bond acceptors (Lipinski definition) is 5. The van der Waals surface area contributed by atoms with E-state index in [1.165, 1.54) is 6.21 Å². The van der Waals surface area contributed by atoms with E-state index in [4.69, 9.17) is 4.74 Å². The zero-order chi connectivity index (χ0) is 16.7. The van der Waals surface area contributed by atoms with E-state index in [1.807, 2.05) is 24.3 Å². The Bertz CT molecular complexity index is 653. The van der Waals surface area contributed by atoms with Gasteiger partial charge in [0.25, 0.3) is 0 Å². The largest absolute Gasteiger partial charge is 0.494 e. The highest BCUT2D eigenvalue weighted by Crippen LogP contribution is 2.18. The maximum atomic E-state index is 11.8. The maximum Gasteiger partial charge on any atom is 0.244 e. The van der Waals surface area contributed by atoms with Gasteiger partial charge in [0.15, 0.2) is 9.84 Å². The summed E-state index contributed by atoms with van der Waals surface area (Å²) in [5.74, 6) is -0.0453. The van der Waals surface area contributed by atoms with Gasteiger partial charge in [-0.25, -0.2) is 13.8 Å². The molecule has 0 unspecified atom stereocenters. The molecule has 1 amide bonds. The van der Waals surface area contributed by atoms with Crippen molar-refractivity contribution in [3.8, 4) is 5.75 Å². The van der Waals surface area contributed by atoms with Crippen molar-refractivity contribution in [3.05, 3.63) is 29.8 Å². The normalized spacial score (nSPS) is 19.8. The van der Waals surface area contributed by atoms with E-state index >= 15 is 0 Å². The summed E-state index contributed by atoms with van der Waals surface area (Å²) >= 11 is 0. The molecule has 6 nitrogen and oxygen atoms in total. The monoisotopic (exact) mass is 338 g/mol. The third-order valence-electron chi connectivity index (χ3n) is 3.64. The van der Waals surface area contributed by atoms with Gasteiger partial charge in [0.2, 0.25) is 5.91 Å². The first kappa shape index (κ1) is 17.5. The minimum Gasteiger partial charge on any atom is -0.494 e. The molecule has 2 rings (SSSR count). The molecule has 23 heavy (non-hydrogen) atoms. The van der Waals surface area contributed by atoms with Crippen molar-refractivity contribution < 1.29 is 17.9 Å². The van der Waals surface area contributed by atoms with Gasteiger partial charge in [-0.2, -0.15) is 5.10 Å². The van der Waals surface area contributed by atoms with E-state index in [2.05, 4.69) is 17.5 Å². The van der Waals surface area contributed by atoms with Crippen LogP contribution in [0.3, 0.4) is 0 Å². The molecule has 1 N–H and O–H groups in total. The van der Waals surface area contributed by atoms with E-state index in [1.54, 1.807) is 0 Å². The molecule has 0 spiro atoms. The first-order chi connectivity index (χ1) is 11.0. The van der Waals surface area contributed by atoms with Crippen LogP contribution in [-0.2, 0) is 14.6 Å². The van der Waals surface area contributed by atoms with Crippen molar-refractivity contribution in [2.75, 3.05) is 18.1 Å². The Morgan fingerprint density at radius 3 is 2.74 bits per heavy atom. The topological polar surface area (TPSA) is 84.8 Å². The van der Waals surface area contributed by atoms with Crippen LogP contribution in [0.15, 0.2) is 29.4 Å². The van der Waals surface area contributed by atoms with E-state index in [0.29, 0.717) is 13.0 Å². The molecule has 1 aromatic carbocycles. The summed E-state index contributed by atoms with van der Waals surface area (Å²) in [4.78, 5) is 11.8. The molecule has 1 atom stereocenters. The minimum absolute atomic E-state index is 0.0777. The van der Waals surface area contributed by atoms with Gasteiger partial charge >= 0.3 is 0 Å². The minimum atomic E-state index is -3.06. The summed E-state index contributed by atoms with van der Waals surface area (Å²) in [6, 6.07) is 7.39. The van der Waals surface area contributed by atoms with Crippen LogP contribution in [0.5, 0.6) is 5.75 Å². The van der Waals surface area contributed by atoms with E-state index in [0.717, 1.165) is 24.2 Å². The van der Waals surface area contributed by atoms with Crippen molar-refractivity contribution >= 4 is 22.0 Å². The number of hydrazone groups is 1. The molecular weight excluding hydrogens is 316 g/mol. The Kier molecular flexibility index (Phi) is 6.15. The molecule has 1 fully saturated rings. The highest BCUT2D eigenvalue weighted by atomic mass is 32.2. The first-order valence-corrected chi connectivity index (χ1v) is 9.58. The van der Waals surface area contributed by atoms with Crippen LogP contribution in [0.25, 0.3) is 0 Å². The standard InChI is InChI=1S/C16H22N2O4S/c1-2-3-9-22-15-6-4-13(5-7-15)11-17-18-16(19)14-8-10-23(20,21)12-14/h4-7,11,14H,2-3,8-10,12H2,1H3,(H,18,19)/b17-11-/t14-/m1/s1. The molecule has 0 saturated carbocycles. The number of benzene rings is 1. The summed E-state index contributed by atoms with van der Waals surface area (Å²) in [5, 5.41) is 3.88. The van der Waals surface area contributed by atoms with Gasteiger partial charge in [0, 0.05) is 0 Å². The zero-order valence-corrected chi connectivity index (χ0v) is 14.0. The van der Waals surface area contributed by atoms with Crippen LogP contribution in [-0.4, -0.2) is 38.7 Å². The number of hydrogen-bond donors (Lipinski definition) is 1. The number of rotatable bonds is 7. The van der Waals surface area contributed by atoms with Crippen molar-refractivity contribution in [3.63, 3.8) is 0 Å². The fourth-order valence-electron chi connectivity index (χ4n) is 2.25. The number of sulfone groups is 1. The predicted octanol–water partition coefficient (Wildman–Crippen LogP) is 1.75. The van der Waals surface area contributed by atoms with Crippen molar-refractivity contribution in [2.24, 2.45) is 11.0 Å². The molecule has 0 radical (unpaired) electrons.